The lowest BCUT2D eigenvalue weighted by molar-refractivity contribution is 0.485. The first kappa shape index (κ1) is 11.8. The van der Waals surface area contributed by atoms with Gasteiger partial charge in [-0.25, -0.2) is 0 Å². The fourth-order valence-electron chi connectivity index (χ4n) is 2.53. The predicted octanol–water partition coefficient (Wildman–Crippen LogP) is 2.69. The Hall–Kier alpha value is -1.32. The fourth-order valence-corrected chi connectivity index (χ4v) is 2.70. The molecule has 1 saturated heterocycles. The monoisotopic (exact) mass is 261 g/mol. The maximum atomic E-state index is 6.02. The van der Waals surface area contributed by atoms with Crippen LogP contribution in [0.15, 0.2) is 30.5 Å². The zero-order valence-corrected chi connectivity index (χ0v) is 11.1. The molecule has 1 fully saturated rings. The van der Waals surface area contributed by atoms with Crippen LogP contribution in [-0.2, 0) is 0 Å². The molecule has 1 aliphatic rings. The van der Waals surface area contributed by atoms with Crippen molar-refractivity contribution in [2.75, 3.05) is 24.5 Å². The van der Waals surface area contributed by atoms with E-state index in [0.29, 0.717) is 6.04 Å². The van der Waals surface area contributed by atoms with Gasteiger partial charge in [-0.3, -0.25) is 4.98 Å². The molecule has 3 rings (SSSR count). The van der Waals surface area contributed by atoms with Crippen LogP contribution < -0.4 is 10.2 Å². The second-order valence-electron chi connectivity index (χ2n) is 4.79. The van der Waals surface area contributed by atoms with Crippen molar-refractivity contribution in [2.45, 2.75) is 13.0 Å². The summed E-state index contributed by atoms with van der Waals surface area (Å²) in [6, 6.07) is 8.53. The van der Waals surface area contributed by atoms with E-state index in [2.05, 4.69) is 34.3 Å². The first-order valence-electron chi connectivity index (χ1n) is 6.26. The summed E-state index contributed by atoms with van der Waals surface area (Å²) < 4.78 is 0. The van der Waals surface area contributed by atoms with Crippen molar-refractivity contribution < 1.29 is 0 Å². The van der Waals surface area contributed by atoms with Crippen LogP contribution in [0.25, 0.3) is 10.9 Å². The number of anilines is 1. The summed E-state index contributed by atoms with van der Waals surface area (Å²) in [4.78, 5) is 6.81. The minimum atomic E-state index is 0.522. The molecule has 3 nitrogen and oxygen atoms in total. The van der Waals surface area contributed by atoms with Gasteiger partial charge in [-0.15, -0.1) is 0 Å². The summed E-state index contributed by atoms with van der Waals surface area (Å²) in [6.07, 6.45) is 1.86. The van der Waals surface area contributed by atoms with Crippen LogP contribution in [0.5, 0.6) is 0 Å². The SMILES string of the molecule is CC1CN(c2ccnc3cc(Cl)ccc23)CCN1. The smallest absolute Gasteiger partial charge is 0.0737 e. The second kappa shape index (κ2) is 4.75. The Balaban J connectivity index is 2.05. The summed E-state index contributed by atoms with van der Waals surface area (Å²) in [5, 5.41) is 5.37. The van der Waals surface area contributed by atoms with E-state index < -0.39 is 0 Å². The highest BCUT2D eigenvalue weighted by Crippen LogP contribution is 2.27. The van der Waals surface area contributed by atoms with Gasteiger partial charge in [0.1, 0.15) is 0 Å². The lowest BCUT2D eigenvalue weighted by Crippen LogP contribution is -2.49. The van der Waals surface area contributed by atoms with E-state index >= 15 is 0 Å². The summed E-state index contributed by atoms with van der Waals surface area (Å²) in [5.74, 6) is 0. The third-order valence-electron chi connectivity index (χ3n) is 3.39. The van der Waals surface area contributed by atoms with Gasteiger partial charge in [0.2, 0.25) is 0 Å². The van der Waals surface area contributed by atoms with E-state index in [0.717, 1.165) is 30.2 Å². The molecule has 1 N–H and O–H groups in total. The number of nitrogens with one attached hydrogen (secondary N) is 1. The lowest BCUT2D eigenvalue weighted by atomic mass is 10.1. The van der Waals surface area contributed by atoms with Gasteiger partial charge in [-0.2, -0.15) is 0 Å². The first-order valence-corrected chi connectivity index (χ1v) is 6.64. The molecule has 4 heteroatoms. The van der Waals surface area contributed by atoms with Gasteiger partial charge in [0.25, 0.3) is 0 Å². The third kappa shape index (κ3) is 2.16. The highest BCUT2D eigenvalue weighted by atomic mass is 35.5. The van der Waals surface area contributed by atoms with Gasteiger partial charge < -0.3 is 10.2 Å². The van der Waals surface area contributed by atoms with Crippen LogP contribution >= 0.6 is 11.6 Å². The van der Waals surface area contributed by atoms with Crippen molar-refractivity contribution in [1.29, 1.82) is 0 Å². The molecule has 18 heavy (non-hydrogen) atoms. The summed E-state index contributed by atoms with van der Waals surface area (Å²) in [7, 11) is 0. The van der Waals surface area contributed by atoms with Gasteiger partial charge >= 0.3 is 0 Å². The molecule has 1 atom stereocenters. The van der Waals surface area contributed by atoms with Crippen molar-refractivity contribution in [3.8, 4) is 0 Å². The minimum absolute atomic E-state index is 0.522. The molecule has 0 radical (unpaired) electrons. The van der Waals surface area contributed by atoms with Gasteiger partial charge in [0.05, 0.1) is 5.52 Å². The van der Waals surface area contributed by atoms with E-state index in [-0.39, 0.29) is 0 Å². The van der Waals surface area contributed by atoms with E-state index in [1.807, 2.05) is 18.3 Å². The van der Waals surface area contributed by atoms with E-state index in [4.69, 9.17) is 11.6 Å². The van der Waals surface area contributed by atoms with Crippen LogP contribution in [0.1, 0.15) is 6.92 Å². The molecule has 1 aromatic heterocycles. The van der Waals surface area contributed by atoms with Crippen LogP contribution in [0.2, 0.25) is 5.02 Å². The van der Waals surface area contributed by atoms with Crippen molar-refractivity contribution in [1.82, 2.24) is 10.3 Å². The van der Waals surface area contributed by atoms with Crippen LogP contribution in [0, 0.1) is 0 Å². The standard InChI is InChI=1S/C14H16ClN3/c1-10-9-18(7-6-16-10)14-4-5-17-13-8-11(15)2-3-12(13)14/h2-5,8,10,16H,6-7,9H2,1H3. The number of rotatable bonds is 1. The molecule has 0 bridgehead atoms. The Morgan fingerprint density at radius 3 is 3.11 bits per heavy atom. The van der Waals surface area contributed by atoms with E-state index in [1.165, 1.54) is 11.1 Å². The van der Waals surface area contributed by atoms with E-state index in [1.54, 1.807) is 0 Å². The number of aromatic nitrogens is 1. The Kier molecular flexibility index (Phi) is 3.10. The largest absolute Gasteiger partial charge is 0.368 e. The Bertz CT molecular complexity index is 570. The van der Waals surface area contributed by atoms with Gasteiger partial charge in [-0.05, 0) is 31.2 Å². The molecule has 94 valence electrons. The van der Waals surface area contributed by atoms with Crippen molar-refractivity contribution in [3.63, 3.8) is 0 Å². The molecule has 0 aliphatic carbocycles. The normalized spacial score (nSPS) is 20.3. The molecule has 1 unspecified atom stereocenters. The van der Waals surface area contributed by atoms with Gasteiger partial charge in [-0.1, -0.05) is 11.6 Å². The zero-order valence-electron chi connectivity index (χ0n) is 10.4. The van der Waals surface area contributed by atoms with Crippen LogP contribution in [-0.4, -0.2) is 30.7 Å². The highest BCUT2D eigenvalue weighted by molar-refractivity contribution is 6.31. The van der Waals surface area contributed by atoms with Gasteiger partial charge in [0.15, 0.2) is 0 Å². The summed E-state index contributed by atoms with van der Waals surface area (Å²) in [6.45, 7) is 5.30. The predicted molar refractivity (Wildman–Crippen MR) is 76.4 cm³/mol. The first-order chi connectivity index (χ1) is 8.74. The van der Waals surface area contributed by atoms with Crippen molar-refractivity contribution in [2.24, 2.45) is 0 Å². The molecular formula is C14H16ClN3. The quantitative estimate of drug-likeness (QED) is 0.856. The number of hydrogen-bond donors (Lipinski definition) is 1. The highest BCUT2D eigenvalue weighted by Gasteiger charge is 2.17. The molecule has 2 heterocycles. The zero-order chi connectivity index (χ0) is 12.5. The number of nitrogens with zero attached hydrogens (tertiary/aromatic N) is 2. The number of benzene rings is 1. The number of fused-ring (bicyclic) bond motifs is 1. The van der Waals surface area contributed by atoms with Gasteiger partial charge in [0, 0.05) is 48.0 Å². The minimum Gasteiger partial charge on any atom is -0.368 e. The topological polar surface area (TPSA) is 28.2 Å². The number of hydrogen-bond acceptors (Lipinski definition) is 3. The third-order valence-corrected chi connectivity index (χ3v) is 3.63. The average molecular weight is 262 g/mol. The second-order valence-corrected chi connectivity index (χ2v) is 5.23. The number of piperazine rings is 1. The number of pyridine rings is 1. The fraction of sp³-hybridized carbons (Fsp3) is 0.357. The molecular weight excluding hydrogens is 246 g/mol. The summed E-state index contributed by atoms with van der Waals surface area (Å²) >= 11 is 6.02. The molecule has 2 aromatic rings. The maximum absolute atomic E-state index is 6.02. The Morgan fingerprint density at radius 2 is 2.28 bits per heavy atom. The molecule has 0 saturated carbocycles. The molecule has 0 spiro atoms. The van der Waals surface area contributed by atoms with Crippen molar-refractivity contribution in [3.05, 3.63) is 35.5 Å². The van der Waals surface area contributed by atoms with Crippen molar-refractivity contribution >= 4 is 28.2 Å². The average Bonchev–Trinajstić information content (AvgIpc) is 2.37. The molecule has 0 amide bonds. The maximum Gasteiger partial charge on any atom is 0.0737 e. The number of halogens is 1. The Morgan fingerprint density at radius 1 is 1.39 bits per heavy atom. The van der Waals surface area contributed by atoms with Crippen LogP contribution in [0.4, 0.5) is 5.69 Å². The van der Waals surface area contributed by atoms with E-state index in [9.17, 15) is 0 Å². The lowest BCUT2D eigenvalue weighted by Gasteiger charge is -2.34. The summed E-state index contributed by atoms with van der Waals surface area (Å²) in [5.41, 5.74) is 2.22. The molecule has 1 aliphatic heterocycles. The van der Waals surface area contributed by atoms with Crippen LogP contribution in [0.3, 0.4) is 0 Å². The molecule has 1 aromatic carbocycles. The Labute approximate surface area is 112 Å².